The first-order chi connectivity index (χ1) is 11.8. The molecule has 0 bridgehead atoms. The Morgan fingerprint density at radius 1 is 1.32 bits per heavy atom. The molecule has 0 spiro atoms. The molecule has 3 aromatic rings. The molecule has 0 aliphatic heterocycles. The number of nitrogens with two attached hydrogens (primary N) is 1. The van der Waals surface area contributed by atoms with Crippen LogP contribution < -0.4 is 11.1 Å². The van der Waals surface area contributed by atoms with Crippen molar-refractivity contribution in [1.82, 2.24) is 19.7 Å². The van der Waals surface area contributed by atoms with Gasteiger partial charge in [0.2, 0.25) is 0 Å². The number of hydrogen-bond acceptors (Lipinski definition) is 6. The van der Waals surface area contributed by atoms with Crippen LogP contribution in [0.5, 0.6) is 0 Å². The third-order valence-corrected chi connectivity index (χ3v) is 4.75. The van der Waals surface area contributed by atoms with E-state index < -0.39 is 0 Å². The predicted molar refractivity (Wildman–Crippen MR) is 99.3 cm³/mol. The van der Waals surface area contributed by atoms with Crippen LogP contribution in [0, 0.1) is 6.92 Å². The molecule has 25 heavy (non-hydrogen) atoms. The van der Waals surface area contributed by atoms with Crippen LogP contribution in [0.2, 0.25) is 0 Å². The molecule has 1 aromatic carbocycles. The molecule has 2 aromatic heterocycles. The summed E-state index contributed by atoms with van der Waals surface area (Å²) in [6.07, 6.45) is 3.09. The van der Waals surface area contributed by atoms with Crippen LogP contribution in [0.15, 0.2) is 30.9 Å². The topological polar surface area (TPSA) is 98.7 Å². The van der Waals surface area contributed by atoms with E-state index in [2.05, 4.69) is 41.2 Å². The van der Waals surface area contributed by atoms with Gasteiger partial charge in [-0.3, -0.25) is 10.1 Å². The molecule has 8 heteroatoms. The molecule has 3 N–H and O–H groups in total. The second-order valence-corrected chi connectivity index (χ2v) is 7.71. The van der Waals surface area contributed by atoms with E-state index in [1.165, 1.54) is 17.7 Å². The maximum atomic E-state index is 12.6. The molecule has 0 saturated carbocycles. The van der Waals surface area contributed by atoms with Crippen LogP contribution in [0.25, 0.3) is 5.00 Å². The molecular formula is C17H20N6OS. The summed E-state index contributed by atoms with van der Waals surface area (Å²) in [5.74, 6) is -0.232. The lowest BCUT2D eigenvalue weighted by Gasteiger charge is -2.16. The zero-order valence-corrected chi connectivity index (χ0v) is 15.4. The summed E-state index contributed by atoms with van der Waals surface area (Å²) < 4.78 is 1.67. The van der Waals surface area contributed by atoms with E-state index in [4.69, 9.17) is 5.73 Å². The number of hydrogen-bond donors (Lipinski definition) is 2. The second kappa shape index (κ2) is 6.29. The van der Waals surface area contributed by atoms with Gasteiger partial charge in [-0.05, 0) is 24.6 Å². The van der Waals surface area contributed by atoms with Crippen molar-refractivity contribution in [3.63, 3.8) is 0 Å². The lowest BCUT2D eigenvalue weighted by Crippen LogP contribution is -2.16. The average Bonchev–Trinajstić information content (AvgIpc) is 3.18. The number of carbonyl (C=O) groups is 1. The molecule has 0 unspecified atom stereocenters. The van der Waals surface area contributed by atoms with Crippen molar-refractivity contribution in [2.75, 3.05) is 11.1 Å². The van der Waals surface area contributed by atoms with E-state index in [1.807, 2.05) is 6.92 Å². The molecule has 0 radical (unpaired) electrons. The summed E-state index contributed by atoms with van der Waals surface area (Å²) in [6, 6.07) is 5.29. The Bertz CT molecular complexity index is 908. The summed E-state index contributed by atoms with van der Waals surface area (Å²) in [5, 5.41) is 8.41. The molecule has 130 valence electrons. The quantitative estimate of drug-likeness (QED) is 0.702. The van der Waals surface area contributed by atoms with Crippen LogP contribution in [0.4, 0.5) is 10.8 Å². The van der Waals surface area contributed by atoms with Crippen LogP contribution in [0.3, 0.4) is 0 Å². The van der Waals surface area contributed by atoms with E-state index in [0.717, 1.165) is 16.3 Å². The number of nitrogens with zero attached hydrogens (tertiary/aromatic N) is 4. The molecule has 0 saturated heterocycles. The van der Waals surface area contributed by atoms with Gasteiger partial charge in [-0.2, -0.15) is 5.10 Å². The third-order valence-electron chi connectivity index (χ3n) is 3.79. The maximum absolute atomic E-state index is 12.6. The van der Waals surface area contributed by atoms with Crippen molar-refractivity contribution in [2.24, 2.45) is 0 Å². The highest BCUT2D eigenvalue weighted by molar-refractivity contribution is 7.18. The first-order valence-electron chi connectivity index (χ1n) is 7.80. The van der Waals surface area contributed by atoms with Crippen molar-refractivity contribution >= 4 is 28.1 Å². The lowest BCUT2D eigenvalue weighted by atomic mass is 9.92. The largest absolute Gasteiger partial charge is 0.398 e. The van der Waals surface area contributed by atoms with Crippen molar-refractivity contribution in [2.45, 2.75) is 33.1 Å². The first kappa shape index (κ1) is 17.1. The van der Waals surface area contributed by atoms with Gasteiger partial charge in [0.05, 0.1) is 5.69 Å². The number of carbonyl (C=O) groups excluding carboxylic acids is 1. The highest BCUT2D eigenvalue weighted by atomic mass is 32.1. The summed E-state index contributed by atoms with van der Waals surface area (Å²) >= 11 is 1.36. The molecule has 0 aliphatic rings. The van der Waals surface area contributed by atoms with Crippen molar-refractivity contribution in [3.05, 3.63) is 47.7 Å². The number of amides is 1. The Morgan fingerprint density at radius 3 is 2.72 bits per heavy atom. The monoisotopic (exact) mass is 356 g/mol. The van der Waals surface area contributed by atoms with Crippen LogP contribution in [0.1, 0.15) is 42.4 Å². The highest BCUT2D eigenvalue weighted by Gasteiger charge is 2.26. The Morgan fingerprint density at radius 2 is 2.08 bits per heavy atom. The van der Waals surface area contributed by atoms with E-state index in [1.54, 1.807) is 29.2 Å². The van der Waals surface area contributed by atoms with E-state index >= 15 is 0 Å². The SMILES string of the molecule is Cc1c(N)cccc1C(=O)Nc1nc(C(C)(C)C)c(-n2cncn2)s1. The number of benzene rings is 1. The minimum atomic E-state index is -0.232. The molecular weight excluding hydrogens is 336 g/mol. The summed E-state index contributed by atoms with van der Waals surface area (Å²) in [6.45, 7) is 8.02. The standard InChI is InChI=1S/C17H20N6OS/c1-10-11(6-5-7-12(10)18)14(24)22-16-21-13(17(2,3)4)15(25-16)23-9-19-8-20-23/h5-9H,18H2,1-4H3,(H,21,22,24). The number of anilines is 2. The summed E-state index contributed by atoms with van der Waals surface area (Å²) in [4.78, 5) is 21.2. The minimum Gasteiger partial charge on any atom is -0.398 e. The first-order valence-corrected chi connectivity index (χ1v) is 8.62. The van der Waals surface area contributed by atoms with E-state index in [9.17, 15) is 4.79 Å². The molecule has 1 amide bonds. The van der Waals surface area contributed by atoms with Gasteiger partial charge >= 0.3 is 0 Å². The minimum absolute atomic E-state index is 0.201. The van der Waals surface area contributed by atoms with Crippen molar-refractivity contribution in [1.29, 1.82) is 0 Å². The highest BCUT2D eigenvalue weighted by Crippen LogP contribution is 2.34. The maximum Gasteiger partial charge on any atom is 0.257 e. The Balaban J connectivity index is 1.96. The fourth-order valence-corrected chi connectivity index (χ4v) is 3.49. The Hall–Kier alpha value is -2.74. The number of nitrogens with one attached hydrogen (secondary N) is 1. The van der Waals surface area contributed by atoms with Gasteiger partial charge in [0.15, 0.2) is 5.13 Å². The second-order valence-electron chi connectivity index (χ2n) is 6.74. The lowest BCUT2D eigenvalue weighted by molar-refractivity contribution is 0.102. The molecule has 0 fully saturated rings. The Labute approximate surface area is 149 Å². The normalized spacial score (nSPS) is 11.5. The van der Waals surface area contributed by atoms with Gasteiger partial charge in [-0.1, -0.05) is 38.2 Å². The van der Waals surface area contributed by atoms with E-state index in [-0.39, 0.29) is 11.3 Å². The Kier molecular flexibility index (Phi) is 4.30. The fraction of sp³-hybridized carbons (Fsp3) is 0.294. The average molecular weight is 356 g/mol. The molecule has 0 atom stereocenters. The predicted octanol–water partition coefficient (Wildman–Crippen LogP) is 3.16. The zero-order chi connectivity index (χ0) is 18.2. The van der Waals surface area contributed by atoms with Gasteiger partial charge < -0.3 is 5.73 Å². The molecule has 2 heterocycles. The zero-order valence-electron chi connectivity index (χ0n) is 14.6. The number of nitrogen functional groups attached to an aromatic ring is 1. The van der Waals surface area contributed by atoms with Gasteiger partial charge in [0.1, 0.15) is 17.7 Å². The van der Waals surface area contributed by atoms with Crippen LogP contribution in [-0.4, -0.2) is 25.7 Å². The smallest absolute Gasteiger partial charge is 0.257 e. The molecule has 3 rings (SSSR count). The summed E-state index contributed by atoms with van der Waals surface area (Å²) in [7, 11) is 0. The van der Waals surface area contributed by atoms with Gasteiger partial charge in [-0.25, -0.2) is 14.6 Å². The fourth-order valence-electron chi connectivity index (χ4n) is 2.39. The van der Waals surface area contributed by atoms with E-state index in [0.29, 0.717) is 16.4 Å². The van der Waals surface area contributed by atoms with Crippen LogP contribution >= 0.6 is 11.3 Å². The van der Waals surface area contributed by atoms with Gasteiger partial charge in [0.25, 0.3) is 5.91 Å². The number of aromatic nitrogens is 4. The van der Waals surface area contributed by atoms with Crippen molar-refractivity contribution in [3.8, 4) is 5.00 Å². The molecule has 7 nitrogen and oxygen atoms in total. The number of thiazole rings is 1. The third kappa shape index (κ3) is 3.39. The van der Waals surface area contributed by atoms with Crippen molar-refractivity contribution < 1.29 is 4.79 Å². The van der Waals surface area contributed by atoms with Gasteiger partial charge in [-0.15, -0.1) is 0 Å². The summed E-state index contributed by atoms with van der Waals surface area (Å²) in [5.41, 5.74) is 8.42. The van der Waals surface area contributed by atoms with Crippen LogP contribution in [-0.2, 0) is 5.41 Å². The molecule has 0 aliphatic carbocycles. The number of rotatable bonds is 3. The van der Waals surface area contributed by atoms with Gasteiger partial charge in [0, 0.05) is 16.7 Å².